The van der Waals surface area contributed by atoms with E-state index in [-0.39, 0.29) is 0 Å². The Hall–Kier alpha value is -1.23. The summed E-state index contributed by atoms with van der Waals surface area (Å²) in [6.07, 6.45) is 0. The minimum atomic E-state index is -0.401. The highest BCUT2D eigenvalue weighted by Crippen LogP contribution is 2.40. The van der Waals surface area contributed by atoms with E-state index in [0.29, 0.717) is 10.8 Å². The molecule has 0 saturated carbocycles. The molecule has 20 heavy (non-hydrogen) atoms. The first-order chi connectivity index (χ1) is 9.52. The van der Waals surface area contributed by atoms with E-state index in [4.69, 9.17) is 16.3 Å². The van der Waals surface area contributed by atoms with Gasteiger partial charge in [0.15, 0.2) is 0 Å². The van der Waals surface area contributed by atoms with Crippen LogP contribution in [0.2, 0.25) is 5.02 Å². The van der Waals surface area contributed by atoms with Gasteiger partial charge in [-0.3, -0.25) is 0 Å². The molecule has 0 radical (unpaired) electrons. The molecule has 1 aliphatic heterocycles. The molecule has 1 aliphatic rings. The van der Waals surface area contributed by atoms with E-state index in [1.807, 2.05) is 19.1 Å². The largest absolute Gasteiger partial charge is 0.457 e. The maximum Gasteiger partial charge on any atom is 0.131 e. The molecule has 0 aliphatic carbocycles. The molecule has 0 unspecified atom stereocenters. The summed E-state index contributed by atoms with van der Waals surface area (Å²) < 4.78 is 21.3. The molecule has 5 heteroatoms. The third-order valence-corrected chi connectivity index (χ3v) is 4.44. The van der Waals surface area contributed by atoms with Crippen molar-refractivity contribution in [1.82, 2.24) is 4.31 Å². The summed E-state index contributed by atoms with van der Waals surface area (Å²) in [5.41, 5.74) is 2.34. The molecule has 0 N–H and O–H groups in total. The van der Waals surface area contributed by atoms with Crippen LogP contribution in [0.1, 0.15) is 11.1 Å². The topological polar surface area (TPSA) is 12.5 Å². The van der Waals surface area contributed by atoms with Crippen LogP contribution in [0.5, 0.6) is 11.5 Å². The Labute approximate surface area is 126 Å². The lowest BCUT2D eigenvalue weighted by molar-refractivity contribution is 0.470. The molecular weight excluding hydrogens is 297 g/mol. The van der Waals surface area contributed by atoms with Crippen molar-refractivity contribution < 1.29 is 9.13 Å². The average molecular weight is 310 g/mol. The molecule has 0 fully saturated rings. The summed E-state index contributed by atoms with van der Waals surface area (Å²) in [5, 5.41) is 0.328. The SMILES string of the molecule is Cc1c(Oc2cc(F)cc(Cl)c2)ccc2c1CN(C)S2. The van der Waals surface area contributed by atoms with Gasteiger partial charge in [-0.2, -0.15) is 0 Å². The number of rotatable bonds is 2. The van der Waals surface area contributed by atoms with Gasteiger partial charge < -0.3 is 4.74 Å². The highest BCUT2D eigenvalue weighted by molar-refractivity contribution is 7.97. The van der Waals surface area contributed by atoms with E-state index < -0.39 is 5.82 Å². The summed E-state index contributed by atoms with van der Waals surface area (Å²) in [6, 6.07) is 8.15. The van der Waals surface area contributed by atoms with Crippen LogP contribution < -0.4 is 4.74 Å². The van der Waals surface area contributed by atoms with Crippen LogP contribution in [-0.2, 0) is 6.54 Å². The second kappa shape index (κ2) is 5.28. The number of hydrogen-bond acceptors (Lipinski definition) is 3. The zero-order chi connectivity index (χ0) is 14.3. The third kappa shape index (κ3) is 2.64. The number of halogens is 2. The van der Waals surface area contributed by atoms with Crippen molar-refractivity contribution in [2.75, 3.05) is 7.05 Å². The van der Waals surface area contributed by atoms with Crippen molar-refractivity contribution in [1.29, 1.82) is 0 Å². The van der Waals surface area contributed by atoms with Crippen LogP contribution in [0.3, 0.4) is 0 Å². The minimum Gasteiger partial charge on any atom is -0.457 e. The van der Waals surface area contributed by atoms with Gasteiger partial charge in [0, 0.05) is 22.5 Å². The number of nitrogens with zero attached hydrogens (tertiary/aromatic N) is 1. The fraction of sp³-hybridized carbons (Fsp3) is 0.200. The highest BCUT2D eigenvalue weighted by Gasteiger charge is 2.21. The zero-order valence-corrected chi connectivity index (χ0v) is 12.7. The summed E-state index contributed by atoms with van der Waals surface area (Å²) in [7, 11) is 2.05. The maximum atomic E-state index is 13.3. The molecule has 0 amide bonds. The van der Waals surface area contributed by atoms with Gasteiger partial charge in [0.1, 0.15) is 17.3 Å². The zero-order valence-electron chi connectivity index (χ0n) is 11.1. The van der Waals surface area contributed by atoms with E-state index in [9.17, 15) is 4.39 Å². The number of ether oxygens (including phenoxy) is 1. The molecule has 2 nitrogen and oxygen atoms in total. The quantitative estimate of drug-likeness (QED) is 0.722. The molecular formula is C15H13ClFNOS. The molecule has 0 aromatic heterocycles. The van der Waals surface area contributed by atoms with Crippen molar-refractivity contribution in [3.8, 4) is 11.5 Å². The molecule has 0 bridgehead atoms. The Balaban J connectivity index is 1.94. The second-order valence-corrected chi connectivity index (χ2v) is 6.43. The van der Waals surface area contributed by atoms with Crippen LogP contribution in [0.4, 0.5) is 4.39 Å². The van der Waals surface area contributed by atoms with Crippen LogP contribution in [-0.4, -0.2) is 11.4 Å². The lowest BCUT2D eigenvalue weighted by Gasteiger charge is -2.12. The van der Waals surface area contributed by atoms with Gasteiger partial charge in [0.05, 0.1) is 0 Å². The van der Waals surface area contributed by atoms with Gasteiger partial charge in [0.2, 0.25) is 0 Å². The predicted octanol–water partition coefficient (Wildman–Crippen LogP) is 5.03. The summed E-state index contributed by atoms with van der Waals surface area (Å²) in [6.45, 7) is 2.90. The van der Waals surface area contributed by atoms with Crippen molar-refractivity contribution in [2.24, 2.45) is 0 Å². The Morgan fingerprint density at radius 2 is 2.10 bits per heavy atom. The summed E-state index contributed by atoms with van der Waals surface area (Å²) in [5.74, 6) is 0.750. The molecule has 2 aromatic rings. The van der Waals surface area contributed by atoms with Gasteiger partial charge in [-0.25, -0.2) is 8.70 Å². The number of fused-ring (bicyclic) bond motifs is 1. The third-order valence-electron chi connectivity index (χ3n) is 3.20. The smallest absolute Gasteiger partial charge is 0.131 e. The second-order valence-electron chi connectivity index (χ2n) is 4.75. The van der Waals surface area contributed by atoms with Gasteiger partial charge in [-0.1, -0.05) is 11.6 Å². The standard InChI is InChI=1S/C15H13ClFNOS/c1-9-13-8-18(2)20-15(13)4-3-14(9)19-12-6-10(16)5-11(17)7-12/h3-7H,8H2,1-2H3. The van der Waals surface area contributed by atoms with Crippen LogP contribution in [0.15, 0.2) is 35.2 Å². The van der Waals surface area contributed by atoms with Crippen molar-refractivity contribution >= 4 is 23.5 Å². The summed E-state index contributed by atoms with van der Waals surface area (Å²) >= 11 is 7.56. The Kier molecular flexibility index (Phi) is 3.63. The molecule has 1 heterocycles. The lowest BCUT2D eigenvalue weighted by Crippen LogP contribution is -2.01. The van der Waals surface area contributed by atoms with Gasteiger partial charge in [-0.15, -0.1) is 0 Å². The number of hydrogen-bond donors (Lipinski definition) is 0. The van der Waals surface area contributed by atoms with Crippen LogP contribution >= 0.6 is 23.5 Å². The lowest BCUT2D eigenvalue weighted by atomic mass is 10.1. The van der Waals surface area contributed by atoms with E-state index in [0.717, 1.165) is 17.9 Å². The van der Waals surface area contributed by atoms with Crippen molar-refractivity contribution in [3.05, 3.63) is 52.3 Å². The van der Waals surface area contributed by atoms with Gasteiger partial charge in [-0.05, 0) is 61.3 Å². The molecule has 0 saturated heterocycles. The first-order valence-electron chi connectivity index (χ1n) is 6.18. The van der Waals surface area contributed by atoms with Gasteiger partial charge >= 0.3 is 0 Å². The van der Waals surface area contributed by atoms with E-state index >= 15 is 0 Å². The van der Waals surface area contributed by atoms with Crippen LogP contribution in [0.25, 0.3) is 0 Å². The molecule has 0 atom stereocenters. The molecule has 104 valence electrons. The van der Waals surface area contributed by atoms with E-state index in [1.165, 1.54) is 22.6 Å². The molecule has 0 spiro atoms. The Morgan fingerprint density at radius 1 is 1.30 bits per heavy atom. The minimum absolute atomic E-state index is 0.328. The molecule has 3 rings (SSSR count). The Morgan fingerprint density at radius 3 is 2.85 bits per heavy atom. The highest BCUT2D eigenvalue weighted by atomic mass is 35.5. The fourth-order valence-electron chi connectivity index (χ4n) is 2.24. The first-order valence-corrected chi connectivity index (χ1v) is 7.33. The number of benzene rings is 2. The van der Waals surface area contributed by atoms with Gasteiger partial charge in [0.25, 0.3) is 0 Å². The first kappa shape index (κ1) is 13.7. The normalized spacial score (nSPS) is 14.4. The average Bonchev–Trinajstić information content (AvgIpc) is 2.73. The van der Waals surface area contributed by atoms with E-state index in [2.05, 4.69) is 11.4 Å². The Bertz CT molecular complexity index is 657. The molecule has 2 aromatic carbocycles. The van der Waals surface area contributed by atoms with E-state index in [1.54, 1.807) is 18.0 Å². The monoisotopic (exact) mass is 309 g/mol. The van der Waals surface area contributed by atoms with Crippen molar-refractivity contribution in [3.63, 3.8) is 0 Å². The fourth-order valence-corrected chi connectivity index (χ4v) is 3.44. The van der Waals surface area contributed by atoms with Crippen LogP contribution in [0, 0.1) is 12.7 Å². The maximum absolute atomic E-state index is 13.3. The predicted molar refractivity (Wildman–Crippen MR) is 80.0 cm³/mol. The summed E-state index contributed by atoms with van der Waals surface area (Å²) in [4.78, 5) is 1.25. The van der Waals surface area contributed by atoms with Crippen molar-refractivity contribution in [2.45, 2.75) is 18.4 Å².